The van der Waals surface area contributed by atoms with Crippen LogP contribution in [0.1, 0.15) is 72.4 Å². The number of carbonyl (C=O) groups is 1. The number of aryl methyl sites for hydroxylation is 1. The van der Waals surface area contributed by atoms with Gasteiger partial charge >= 0.3 is 0 Å². The van der Waals surface area contributed by atoms with Crippen LogP contribution in [-0.4, -0.2) is 34.8 Å². The van der Waals surface area contributed by atoms with Crippen LogP contribution < -0.4 is 16.2 Å². The number of thioether (sulfide) groups is 1. The minimum atomic E-state index is -0.139. The highest BCUT2D eigenvalue weighted by atomic mass is 32.2. The van der Waals surface area contributed by atoms with Gasteiger partial charge in [-0.15, -0.1) is 11.8 Å². The maximum Gasteiger partial charge on any atom is 0.254 e. The summed E-state index contributed by atoms with van der Waals surface area (Å²) < 4.78 is 2.39. The normalized spacial score (nSPS) is 22.8. The average Bonchev–Trinajstić information content (AvgIpc) is 3.44. The number of aromatic nitrogens is 2. The molecule has 192 valence electrons. The van der Waals surface area contributed by atoms with Gasteiger partial charge < -0.3 is 20.2 Å². The Balaban J connectivity index is 1.41. The average molecular weight is 507 g/mol. The zero-order chi connectivity index (χ0) is 25.4. The number of hydrogen-bond donors (Lipinski definition) is 3. The lowest BCUT2D eigenvalue weighted by molar-refractivity contribution is 0.0950. The highest BCUT2D eigenvalue weighted by molar-refractivity contribution is 7.98. The van der Waals surface area contributed by atoms with Gasteiger partial charge in [-0.25, -0.2) is 0 Å². The number of para-hydroxylation sites is 1. The first-order valence-corrected chi connectivity index (χ1v) is 14.4. The second-order valence-corrected chi connectivity index (χ2v) is 11.7. The summed E-state index contributed by atoms with van der Waals surface area (Å²) in [6.45, 7) is 8.81. The first-order chi connectivity index (χ1) is 17.3. The third-order valence-corrected chi connectivity index (χ3v) is 9.58. The minimum Gasteiger partial charge on any atom is -0.348 e. The van der Waals surface area contributed by atoms with Crippen molar-refractivity contribution in [1.82, 2.24) is 20.2 Å². The lowest BCUT2D eigenvalue weighted by atomic mass is 9.68. The Kier molecular flexibility index (Phi) is 7.05. The van der Waals surface area contributed by atoms with Crippen LogP contribution >= 0.6 is 11.8 Å². The van der Waals surface area contributed by atoms with Gasteiger partial charge in [0.1, 0.15) is 0 Å². The van der Waals surface area contributed by atoms with E-state index in [1.165, 1.54) is 50.4 Å². The Labute approximate surface area is 217 Å². The number of rotatable bonds is 6. The topological polar surface area (TPSA) is 78.9 Å². The summed E-state index contributed by atoms with van der Waals surface area (Å²) in [4.78, 5) is 29.9. The Bertz CT molecular complexity index is 1330. The first kappa shape index (κ1) is 25.2. The molecule has 0 unspecified atom stereocenters. The van der Waals surface area contributed by atoms with Gasteiger partial charge in [0, 0.05) is 51.9 Å². The molecule has 1 aromatic carbocycles. The lowest BCUT2D eigenvalue weighted by Crippen LogP contribution is -2.32. The van der Waals surface area contributed by atoms with Crippen molar-refractivity contribution in [2.45, 2.75) is 70.4 Å². The van der Waals surface area contributed by atoms with Crippen LogP contribution in [0.5, 0.6) is 0 Å². The third kappa shape index (κ3) is 4.52. The molecule has 0 bridgehead atoms. The van der Waals surface area contributed by atoms with Crippen molar-refractivity contribution in [2.75, 3.05) is 19.3 Å². The zero-order valence-electron chi connectivity index (χ0n) is 21.9. The second kappa shape index (κ2) is 10.1. The first-order valence-electron chi connectivity index (χ1n) is 13.2. The number of amides is 1. The summed E-state index contributed by atoms with van der Waals surface area (Å²) in [6.07, 6.45) is 8.34. The molecule has 36 heavy (non-hydrogen) atoms. The highest BCUT2D eigenvalue weighted by Gasteiger charge is 2.39. The van der Waals surface area contributed by atoms with E-state index in [9.17, 15) is 9.59 Å². The molecule has 0 radical (unpaired) electrons. The fourth-order valence-electron chi connectivity index (χ4n) is 6.66. The Morgan fingerprint density at radius 1 is 1.22 bits per heavy atom. The molecule has 1 aliphatic heterocycles. The number of fused-ring (bicyclic) bond motifs is 1. The van der Waals surface area contributed by atoms with Crippen molar-refractivity contribution < 1.29 is 4.79 Å². The molecular weight excluding hydrogens is 468 g/mol. The molecule has 3 N–H and O–H groups in total. The van der Waals surface area contributed by atoms with E-state index in [0.29, 0.717) is 22.9 Å². The van der Waals surface area contributed by atoms with Crippen molar-refractivity contribution >= 4 is 28.6 Å². The molecule has 1 aliphatic carbocycles. The summed E-state index contributed by atoms with van der Waals surface area (Å²) in [5.41, 5.74) is 4.65. The van der Waals surface area contributed by atoms with Crippen molar-refractivity contribution in [3.63, 3.8) is 0 Å². The van der Waals surface area contributed by atoms with Gasteiger partial charge in [0.25, 0.3) is 11.5 Å². The van der Waals surface area contributed by atoms with E-state index in [1.54, 1.807) is 0 Å². The molecule has 1 saturated heterocycles. The molecular formula is C29H38N4O2S. The number of benzene rings is 1. The highest BCUT2D eigenvalue weighted by Crippen LogP contribution is 2.47. The van der Waals surface area contributed by atoms with Crippen LogP contribution in [0.3, 0.4) is 0 Å². The van der Waals surface area contributed by atoms with Crippen LogP contribution in [0.2, 0.25) is 0 Å². The summed E-state index contributed by atoms with van der Waals surface area (Å²) in [7, 11) is 0. The third-order valence-electron chi connectivity index (χ3n) is 8.77. The van der Waals surface area contributed by atoms with E-state index in [0.717, 1.165) is 39.3 Å². The monoisotopic (exact) mass is 506 g/mol. The lowest BCUT2D eigenvalue weighted by Gasteiger charge is -2.39. The van der Waals surface area contributed by atoms with E-state index in [4.69, 9.17) is 0 Å². The smallest absolute Gasteiger partial charge is 0.254 e. The number of H-pyrrole nitrogens is 1. The SMILES string of the molecule is CSc1cc(C)[nH]c(=O)c1CNC(=O)c1c(C)n([C@H](C)C2CCC3(CCNC3)CC2)c2ccccc12. The van der Waals surface area contributed by atoms with Gasteiger partial charge in [-0.1, -0.05) is 18.2 Å². The molecule has 1 atom stereocenters. The summed E-state index contributed by atoms with van der Waals surface area (Å²) in [6, 6.07) is 10.5. The molecule has 6 nitrogen and oxygen atoms in total. The van der Waals surface area contributed by atoms with Crippen molar-refractivity contribution in [2.24, 2.45) is 11.3 Å². The Morgan fingerprint density at radius 2 is 1.97 bits per heavy atom. The summed E-state index contributed by atoms with van der Waals surface area (Å²) >= 11 is 1.53. The van der Waals surface area contributed by atoms with Crippen LogP contribution in [0.15, 0.2) is 40.0 Å². The molecule has 5 rings (SSSR count). The van der Waals surface area contributed by atoms with Crippen LogP contribution in [-0.2, 0) is 6.54 Å². The maximum absolute atomic E-state index is 13.6. The van der Waals surface area contributed by atoms with Gasteiger partial charge in [0.05, 0.1) is 5.56 Å². The van der Waals surface area contributed by atoms with Gasteiger partial charge in [-0.05, 0) is 89.1 Å². The molecule has 2 fully saturated rings. The number of aromatic amines is 1. The predicted molar refractivity (Wildman–Crippen MR) is 148 cm³/mol. The van der Waals surface area contributed by atoms with Crippen molar-refractivity contribution in [1.29, 1.82) is 0 Å². The molecule has 1 amide bonds. The predicted octanol–water partition coefficient (Wildman–Crippen LogP) is 5.33. The van der Waals surface area contributed by atoms with Gasteiger partial charge in [-0.3, -0.25) is 9.59 Å². The molecule has 1 spiro atoms. The number of nitrogens with zero attached hydrogens (tertiary/aromatic N) is 1. The Hall–Kier alpha value is -2.51. The molecule has 3 heterocycles. The van der Waals surface area contributed by atoms with Crippen LogP contribution in [0.25, 0.3) is 10.9 Å². The zero-order valence-corrected chi connectivity index (χ0v) is 22.7. The van der Waals surface area contributed by atoms with E-state index in [1.807, 2.05) is 31.4 Å². The van der Waals surface area contributed by atoms with E-state index < -0.39 is 0 Å². The maximum atomic E-state index is 13.6. The van der Waals surface area contributed by atoms with Crippen molar-refractivity contribution in [3.8, 4) is 0 Å². The van der Waals surface area contributed by atoms with Crippen LogP contribution in [0, 0.1) is 25.2 Å². The molecule has 3 aromatic rings. The summed E-state index contributed by atoms with van der Waals surface area (Å²) in [5, 5.41) is 7.61. The van der Waals surface area contributed by atoms with Crippen molar-refractivity contribution in [3.05, 3.63) is 63.2 Å². The molecule has 1 saturated carbocycles. The van der Waals surface area contributed by atoms with Crippen LogP contribution in [0.4, 0.5) is 0 Å². The Morgan fingerprint density at radius 3 is 2.67 bits per heavy atom. The number of pyridine rings is 1. The largest absolute Gasteiger partial charge is 0.348 e. The number of carbonyl (C=O) groups excluding carboxylic acids is 1. The molecule has 2 aromatic heterocycles. The quantitative estimate of drug-likeness (QED) is 0.395. The fourth-order valence-corrected chi connectivity index (χ4v) is 7.37. The molecule has 2 aliphatic rings. The van der Waals surface area contributed by atoms with Gasteiger partial charge in [-0.2, -0.15) is 0 Å². The van der Waals surface area contributed by atoms with E-state index in [-0.39, 0.29) is 18.0 Å². The second-order valence-electron chi connectivity index (χ2n) is 10.9. The minimum absolute atomic E-state index is 0.124. The molecule has 7 heteroatoms. The van der Waals surface area contributed by atoms with Gasteiger partial charge in [0.15, 0.2) is 0 Å². The fraction of sp³-hybridized carbons (Fsp3) is 0.517. The van der Waals surface area contributed by atoms with E-state index in [2.05, 4.69) is 46.2 Å². The number of hydrogen-bond acceptors (Lipinski definition) is 4. The number of nitrogens with one attached hydrogen (secondary N) is 3. The van der Waals surface area contributed by atoms with E-state index >= 15 is 0 Å². The summed E-state index contributed by atoms with van der Waals surface area (Å²) in [5.74, 6) is 0.484. The standard InChI is InChI=1S/C29H38N4O2S/c1-18-15-25(36-4)23(27(34)32-18)16-31-28(35)26-20(3)33(24-8-6-5-7-22(24)26)19(2)21-9-11-29(12-10-21)13-14-30-17-29/h5-8,15,19,21,30H,9-14,16-17H2,1-4H3,(H,31,35)(H,32,34)/t19-,21?,29?/m1/s1. The van der Waals surface area contributed by atoms with Gasteiger partial charge in [0.2, 0.25) is 0 Å².